The minimum atomic E-state index is -0.301. The third-order valence-corrected chi connectivity index (χ3v) is 3.79. The van der Waals surface area contributed by atoms with Gasteiger partial charge in [-0.15, -0.1) is 0 Å². The lowest BCUT2D eigenvalue weighted by Crippen LogP contribution is -2.45. The predicted octanol–water partition coefficient (Wildman–Crippen LogP) is 0.960. The van der Waals surface area contributed by atoms with Crippen molar-refractivity contribution >= 4 is 11.8 Å². The summed E-state index contributed by atoms with van der Waals surface area (Å²) in [5.41, 5.74) is 0. The van der Waals surface area contributed by atoms with Crippen molar-refractivity contribution in [1.29, 1.82) is 0 Å². The van der Waals surface area contributed by atoms with Crippen molar-refractivity contribution in [2.45, 2.75) is 57.5 Å². The van der Waals surface area contributed by atoms with E-state index in [1.165, 1.54) is 32.1 Å². The van der Waals surface area contributed by atoms with E-state index < -0.39 is 0 Å². The highest BCUT2D eigenvalue weighted by molar-refractivity contribution is 6.05. The lowest BCUT2D eigenvalue weighted by atomic mass is 9.84. The first-order valence-corrected chi connectivity index (χ1v) is 6.26. The fraction of sp³-hybridized carbons (Fsp3) is 0.833. The molecule has 2 N–H and O–H groups in total. The molecule has 0 bridgehead atoms. The van der Waals surface area contributed by atoms with Crippen LogP contribution in [0.25, 0.3) is 0 Å². The molecular formula is C12H20N2O2. The maximum atomic E-state index is 11.4. The maximum Gasteiger partial charge on any atom is 0.244 e. The molecule has 1 aliphatic carbocycles. The van der Waals surface area contributed by atoms with Crippen LogP contribution in [0.3, 0.4) is 0 Å². The Morgan fingerprint density at radius 1 is 1.25 bits per heavy atom. The van der Waals surface area contributed by atoms with Crippen LogP contribution in [0.5, 0.6) is 0 Å². The van der Waals surface area contributed by atoms with E-state index in [0.717, 1.165) is 0 Å². The molecule has 1 unspecified atom stereocenters. The summed E-state index contributed by atoms with van der Waals surface area (Å²) in [5, 5.41) is 5.63. The molecular weight excluding hydrogens is 204 g/mol. The van der Waals surface area contributed by atoms with E-state index in [1.807, 2.05) is 0 Å². The zero-order chi connectivity index (χ0) is 11.5. The van der Waals surface area contributed by atoms with Crippen LogP contribution in [0.2, 0.25) is 0 Å². The number of hydrogen-bond donors (Lipinski definition) is 2. The number of hydrogen-bond acceptors (Lipinski definition) is 3. The molecule has 2 fully saturated rings. The van der Waals surface area contributed by atoms with Crippen LogP contribution in [-0.4, -0.2) is 23.9 Å². The van der Waals surface area contributed by atoms with Gasteiger partial charge in [0.25, 0.3) is 0 Å². The maximum absolute atomic E-state index is 11.4. The second kappa shape index (κ2) is 4.95. The average Bonchev–Trinajstić information content (AvgIpc) is 2.59. The minimum absolute atomic E-state index is 0.154. The number of carbonyl (C=O) groups excluding carboxylic acids is 2. The summed E-state index contributed by atoms with van der Waals surface area (Å²) in [7, 11) is 0. The van der Waals surface area contributed by atoms with Crippen molar-refractivity contribution in [2.75, 3.05) is 0 Å². The third kappa shape index (κ3) is 2.61. The SMILES string of the molecule is C[C@@H](NC1CC(=O)NC1=O)C1CCCCC1. The van der Waals surface area contributed by atoms with E-state index in [-0.39, 0.29) is 17.9 Å². The molecule has 16 heavy (non-hydrogen) atoms. The monoisotopic (exact) mass is 224 g/mol. The van der Waals surface area contributed by atoms with E-state index in [9.17, 15) is 9.59 Å². The molecule has 2 rings (SSSR count). The van der Waals surface area contributed by atoms with Crippen LogP contribution in [0.1, 0.15) is 45.4 Å². The molecule has 4 heteroatoms. The molecule has 0 aromatic rings. The van der Waals surface area contributed by atoms with Gasteiger partial charge in [0.05, 0.1) is 12.5 Å². The molecule has 0 radical (unpaired) electrons. The summed E-state index contributed by atoms with van der Waals surface area (Å²) in [5.74, 6) is 0.350. The fourth-order valence-corrected chi connectivity index (χ4v) is 2.78. The first kappa shape index (κ1) is 11.6. The molecule has 2 atom stereocenters. The Labute approximate surface area is 96.2 Å². The van der Waals surface area contributed by atoms with E-state index in [2.05, 4.69) is 17.6 Å². The van der Waals surface area contributed by atoms with E-state index >= 15 is 0 Å². The van der Waals surface area contributed by atoms with E-state index in [1.54, 1.807) is 0 Å². The van der Waals surface area contributed by atoms with Crippen LogP contribution in [-0.2, 0) is 9.59 Å². The van der Waals surface area contributed by atoms with Gasteiger partial charge in [-0.25, -0.2) is 0 Å². The van der Waals surface area contributed by atoms with Crippen molar-refractivity contribution < 1.29 is 9.59 Å². The largest absolute Gasteiger partial charge is 0.303 e. The molecule has 2 aliphatic rings. The fourth-order valence-electron chi connectivity index (χ4n) is 2.78. The number of amides is 2. The van der Waals surface area contributed by atoms with Gasteiger partial charge < -0.3 is 5.32 Å². The lowest BCUT2D eigenvalue weighted by molar-refractivity contribution is -0.125. The summed E-state index contributed by atoms with van der Waals surface area (Å²) < 4.78 is 0. The normalized spacial score (nSPS) is 29.2. The minimum Gasteiger partial charge on any atom is -0.303 e. The van der Waals surface area contributed by atoms with Gasteiger partial charge in [-0.1, -0.05) is 19.3 Å². The summed E-state index contributed by atoms with van der Waals surface area (Å²) in [6, 6.07) is 0.0337. The molecule has 0 spiro atoms. The predicted molar refractivity (Wildman–Crippen MR) is 60.7 cm³/mol. The second-order valence-corrected chi connectivity index (χ2v) is 5.02. The Balaban J connectivity index is 1.84. The Hall–Kier alpha value is -0.900. The first-order chi connectivity index (χ1) is 7.66. The summed E-state index contributed by atoms with van der Waals surface area (Å²) >= 11 is 0. The number of rotatable bonds is 3. The van der Waals surface area contributed by atoms with E-state index in [4.69, 9.17) is 0 Å². The van der Waals surface area contributed by atoms with Gasteiger partial charge in [0, 0.05) is 6.04 Å². The molecule has 90 valence electrons. The smallest absolute Gasteiger partial charge is 0.244 e. The van der Waals surface area contributed by atoms with Gasteiger partial charge in [-0.3, -0.25) is 14.9 Å². The van der Waals surface area contributed by atoms with Crippen molar-refractivity contribution in [3.8, 4) is 0 Å². The Morgan fingerprint density at radius 2 is 1.94 bits per heavy atom. The number of imide groups is 1. The molecule has 1 heterocycles. The van der Waals surface area contributed by atoms with Gasteiger partial charge in [0.2, 0.25) is 11.8 Å². The van der Waals surface area contributed by atoms with Crippen molar-refractivity contribution in [3.63, 3.8) is 0 Å². The Kier molecular flexibility index (Phi) is 3.59. The zero-order valence-corrected chi connectivity index (χ0v) is 9.79. The highest BCUT2D eigenvalue weighted by atomic mass is 16.2. The molecule has 4 nitrogen and oxygen atoms in total. The average molecular weight is 224 g/mol. The quantitative estimate of drug-likeness (QED) is 0.702. The molecule has 1 saturated heterocycles. The highest BCUT2D eigenvalue weighted by Gasteiger charge is 2.32. The second-order valence-electron chi connectivity index (χ2n) is 5.02. The van der Waals surface area contributed by atoms with Gasteiger partial charge in [-0.05, 0) is 25.7 Å². The molecule has 1 aliphatic heterocycles. The zero-order valence-electron chi connectivity index (χ0n) is 9.79. The first-order valence-electron chi connectivity index (χ1n) is 6.26. The number of carbonyl (C=O) groups is 2. The van der Waals surface area contributed by atoms with Crippen LogP contribution >= 0.6 is 0 Å². The molecule has 0 aromatic carbocycles. The van der Waals surface area contributed by atoms with Gasteiger partial charge >= 0.3 is 0 Å². The van der Waals surface area contributed by atoms with Crippen molar-refractivity contribution in [1.82, 2.24) is 10.6 Å². The lowest BCUT2D eigenvalue weighted by Gasteiger charge is -2.29. The molecule has 1 saturated carbocycles. The Morgan fingerprint density at radius 3 is 2.50 bits per heavy atom. The van der Waals surface area contributed by atoms with Crippen molar-refractivity contribution in [2.24, 2.45) is 5.92 Å². The van der Waals surface area contributed by atoms with Crippen LogP contribution in [0, 0.1) is 5.92 Å². The van der Waals surface area contributed by atoms with Gasteiger partial charge in [0.15, 0.2) is 0 Å². The summed E-state index contributed by atoms with van der Waals surface area (Å²) in [4.78, 5) is 22.5. The van der Waals surface area contributed by atoms with Crippen LogP contribution in [0.4, 0.5) is 0 Å². The third-order valence-electron chi connectivity index (χ3n) is 3.79. The number of nitrogens with one attached hydrogen (secondary N) is 2. The topological polar surface area (TPSA) is 58.2 Å². The highest BCUT2D eigenvalue weighted by Crippen LogP contribution is 2.26. The standard InChI is InChI=1S/C12H20N2O2/c1-8(9-5-3-2-4-6-9)13-10-7-11(15)14-12(10)16/h8-10,13H,2-7H2,1H3,(H,14,15,16)/t8-,10?/m1/s1. The summed E-state index contributed by atoms with van der Waals surface area (Å²) in [6.07, 6.45) is 6.73. The van der Waals surface area contributed by atoms with Gasteiger partial charge in [0.1, 0.15) is 0 Å². The van der Waals surface area contributed by atoms with Crippen LogP contribution in [0.15, 0.2) is 0 Å². The molecule has 0 aromatic heterocycles. The van der Waals surface area contributed by atoms with Crippen LogP contribution < -0.4 is 10.6 Å². The summed E-state index contributed by atoms with van der Waals surface area (Å²) in [6.45, 7) is 2.13. The Bertz CT molecular complexity index is 285. The van der Waals surface area contributed by atoms with Gasteiger partial charge in [-0.2, -0.15) is 0 Å². The molecule has 2 amide bonds. The van der Waals surface area contributed by atoms with Crippen molar-refractivity contribution in [3.05, 3.63) is 0 Å². The van der Waals surface area contributed by atoms with E-state index in [0.29, 0.717) is 18.4 Å².